The van der Waals surface area contributed by atoms with Gasteiger partial charge in [0.1, 0.15) is 0 Å². The minimum Gasteiger partial charge on any atom is -0.258 e. The smallest absolute Gasteiger partial charge is 0.0278 e. The SMILES string of the molecule is C=CCNNCCCCCCCCCCCC. The van der Waals surface area contributed by atoms with Crippen molar-refractivity contribution in [2.75, 3.05) is 13.1 Å². The molecule has 0 saturated carbocycles. The van der Waals surface area contributed by atoms with E-state index in [1.54, 1.807) is 0 Å². The predicted octanol–water partition coefficient (Wildman–Crippen LogP) is 4.19. The minimum absolute atomic E-state index is 0.845. The predicted molar refractivity (Wildman–Crippen MR) is 78.0 cm³/mol. The lowest BCUT2D eigenvalue weighted by Crippen LogP contribution is -2.32. The molecule has 2 heteroatoms. The first kappa shape index (κ1) is 16.7. The molecule has 0 fully saturated rings. The lowest BCUT2D eigenvalue weighted by molar-refractivity contribution is 0.513. The van der Waals surface area contributed by atoms with E-state index in [-0.39, 0.29) is 0 Å². The maximum atomic E-state index is 3.65. The van der Waals surface area contributed by atoms with Crippen LogP contribution in [0.5, 0.6) is 0 Å². The molecule has 0 aliphatic heterocycles. The van der Waals surface area contributed by atoms with Crippen molar-refractivity contribution >= 4 is 0 Å². The third-order valence-corrected chi connectivity index (χ3v) is 3.03. The number of unbranched alkanes of at least 4 members (excludes halogenated alkanes) is 9. The van der Waals surface area contributed by atoms with Crippen LogP contribution in [-0.2, 0) is 0 Å². The van der Waals surface area contributed by atoms with Gasteiger partial charge < -0.3 is 0 Å². The van der Waals surface area contributed by atoms with E-state index in [2.05, 4.69) is 24.4 Å². The third-order valence-electron chi connectivity index (χ3n) is 3.03. The molecule has 0 heterocycles. The Balaban J connectivity index is 2.87. The first-order valence-electron chi connectivity index (χ1n) is 7.48. The standard InChI is InChI=1S/C15H32N2/c1-3-5-6-7-8-9-10-11-12-13-15-17-16-14-4-2/h4,16-17H,2-3,5-15H2,1H3. The van der Waals surface area contributed by atoms with Crippen LogP contribution in [0.3, 0.4) is 0 Å². The van der Waals surface area contributed by atoms with E-state index >= 15 is 0 Å². The van der Waals surface area contributed by atoms with E-state index in [0.717, 1.165) is 13.1 Å². The first-order valence-corrected chi connectivity index (χ1v) is 7.48. The molecule has 0 radical (unpaired) electrons. The number of nitrogens with one attached hydrogen (secondary N) is 2. The van der Waals surface area contributed by atoms with Gasteiger partial charge >= 0.3 is 0 Å². The van der Waals surface area contributed by atoms with Crippen molar-refractivity contribution in [1.82, 2.24) is 10.9 Å². The van der Waals surface area contributed by atoms with E-state index in [0.29, 0.717) is 0 Å². The second-order valence-corrected chi connectivity index (χ2v) is 4.78. The summed E-state index contributed by atoms with van der Waals surface area (Å²) in [6.07, 6.45) is 15.9. The largest absolute Gasteiger partial charge is 0.258 e. The fraction of sp³-hybridized carbons (Fsp3) is 0.867. The number of rotatable bonds is 14. The summed E-state index contributed by atoms with van der Waals surface area (Å²) in [6, 6.07) is 0. The summed E-state index contributed by atoms with van der Waals surface area (Å²) in [5, 5.41) is 0. The van der Waals surface area contributed by atoms with Gasteiger partial charge in [-0.1, -0.05) is 70.8 Å². The van der Waals surface area contributed by atoms with Crippen molar-refractivity contribution in [1.29, 1.82) is 0 Å². The fourth-order valence-electron chi connectivity index (χ4n) is 1.93. The fourth-order valence-corrected chi connectivity index (χ4v) is 1.93. The Hall–Kier alpha value is -0.340. The van der Waals surface area contributed by atoms with Crippen LogP contribution in [0.4, 0.5) is 0 Å². The monoisotopic (exact) mass is 240 g/mol. The van der Waals surface area contributed by atoms with Crippen LogP contribution in [0.1, 0.15) is 71.1 Å². The second kappa shape index (κ2) is 15.7. The molecule has 0 aromatic heterocycles. The van der Waals surface area contributed by atoms with Gasteiger partial charge in [-0.2, -0.15) is 0 Å². The first-order chi connectivity index (χ1) is 8.41. The van der Waals surface area contributed by atoms with Crippen LogP contribution in [0.25, 0.3) is 0 Å². The summed E-state index contributed by atoms with van der Waals surface area (Å²) < 4.78 is 0. The Morgan fingerprint density at radius 1 is 0.765 bits per heavy atom. The average Bonchev–Trinajstić information content (AvgIpc) is 2.35. The number of hydrazine groups is 1. The normalized spacial score (nSPS) is 10.6. The minimum atomic E-state index is 0.845. The molecule has 0 bridgehead atoms. The van der Waals surface area contributed by atoms with Gasteiger partial charge in [0.2, 0.25) is 0 Å². The Morgan fingerprint density at radius 3 is 1.82 bits per heavy atom. The molecule has 0 spiro atoms. The summed E-state index contributed by atoms with van der Waals surface area (Å²) in [7, 11) is 0. The van der Waals surface area contributed by atoms with E-state index in [1.807, 2.05) is 6.08 Å². The Bertz CT molecular complexity index is 146. The van der Waals surface area contributed by atoms with Gasteiger partial charge in [-0.25, -0.2) is 0 Å². The summed E-state index contributed by atoms with van der Waals surface area (Å²) in [4.78, 5) is 0. The third kappa shape index (κ3) is 15.7. The zero-order valence-electron chi connectivity index (χ0n) is 11.8. The van der Waals surface area contributed by atoms with Crippen molar-refractivity contribution in [2.24, 2.45) is 0 Å². The molecule has 0 atom stereocenters. The van der Waals surface area contributed by atoms with Gasteiger partial charge in [0.15, 0.2) is 0 Å². The van der Waals surface area contributed by atoms with Crippen LogP contribution in [-0.4, -0.2) is 13.1 Å². The van der Waals surface area contributed by atoms with Crippen LogP contribution < -0.4 is 10.9 Å². The van der Waals surface area contributed by atoms with Gasteiger partial charge in [-0.15, -0.1) is 6.58 Å². The molecule has 0 aliphatic rings. The highest BCUT2D eigenvalue weighted by atomic mass is 15.3. The molecular weight excluding hydrogens is 208 g/mol. The summed E-state index contributed by atoms with van der Waals surface area (Å²) in [6.45, 7) is 7.85. The van der Waals surface area contributed by atoms with Crippen molar-refractivity contribution in [3.8, 4) is 0 Å². The second-order valence-electron chi connectivity index (χ2n) is 4.78. The molecular formula is C15H32N2. The summed E-state index contributed by atoms with van der Waals surface area (Å²) >= 11 is 0. The molecule has 17 heavy (non-hydrogen) atoms. The molecule has 0 aromatic carbocycles. The maximum Gasteiger partial charge on any atom is 0.0278 e. The molecule has 102 valence electrons. The topological polar surface area (TPSA) is 24.1 Å². The van der Waals surface area contributed by atoms with Gasteiger partial charge in [0.25, 0.3) is 0 Å². The zero-order chi connectivity index (χ0) is 12.6. The Morgan fingerprint density at radius 2 is 1.29 bits per heavy atom. The van der Waals surface area contributed by atoms with E-state index in [1.165, 1.54) is 64.2 Å². The van der Waals surface area contributed by atoms with Crippen molar-refractivity contribution in [2.45, 2.75) is 71.1 Å². The van der Waals surface area contributed by atoms with Crippen LogP contribution in [0.15, 0.2) is 12.7 Å². The molecule has 0 saturated heterocycles. The molecule has 0 rings (SSSR count). The maximum absolute atomic E-state index is 3.65. The van der Waals surface area contributed by atoms with Gasteiger partial charge in [-0.05, 0) is 6.42 Å². The van der Waals surface area contributed by atoms with Crippen LogP contribution in [0, 0.1) is 0 Å². The molecule has 0 amide bonds. The van der Waals surface area contributed by atoms with Gasteiger partial charge in [0.05, 0.1) is 0 Å². The number of hydrogen-bond donors (Lipinski definition) is 2. The number of hydrogen-bond acceptors (Lipinski definition) is 2. The molecule has 2 nitrogen and oxygen atoms in total. The summed E-state index contributed by atoms with van der Waals surface area (Å²) in [5.41, 5.74) is 6.29. The highest BCUT2D eigenvalue weighted by Crippen LogP contribution is 2.09. The van der Waals surface area contributed by atoms with Gasteiger partial charge in [-0.3, -0.25) is 10.9 Å². The molecule has 2 N–H and O–H groups in total. The van der Waals surface area contributed by atoms with Crippen molar-refractivity contribution in [3.05, 3.63) is 12.7 Å². The van der Waals surface area contributed by atoms with Crippen molar-refractivity contribution < 1.29 is 0 Å². The lowest BCUT2D eigenvalue weighted by Gasteiger charge is -2.04. The Kier molecular flexibility index (Phi) is 15.3. The highest BCUT2D eigenvalue weighted by Gasteiger charge is 1.92. The van der Waals surface area contributed by atoms with E-state index in [4.69, 9.17) is 0 Å². The van der Waals surface area contributed by atoms with E-state index < -0.39 is 0 Å². The highest BCUT2D eigenvalue weighted by molar-refractivity contribution is 4.67. The van der Waals surface area contributed by atoms with Crippen LogP contribution in [0.2, 0.25) is 0 Å². The molecule has 0 aromatic rings. The van der Waals surface area contributed by atoms with Crippen LogP contribution >= 0.6 is 0 Å². The van der Waals surface area contributed by atoms with E-state index in [9.17, 15) is 0 Å². The van der Waals surface area contributed by atoms with Gasteiger partial charge in [0, 0.05) is 13.1 Å². The molecule has 0 aliphatic carbocycles. The quantitative estimate of drug-likeness (QED) is 0.270. The Labute approximate surface area is 108 Å². The lowest BCUT2D eigenvalue weighted by atomic mass is 10.1. The van der Waals surface area contributed by atoms with Crippen molar-refractivity contribution in [3.63, 3.8) is 0 Å². The summed E-state index contributed by atoms with van der Waals surface area (Å²) in [5.74, 6) is 0. The zero-order valence-corrected chi connectivity index (χ0v) is 11.8. The molecule has 0 unspecified atom stereocenters. The average molecular weight is 240 g/mol.